The lowest BCUT2D eigenvalue weighted by Crippen LogP contribution is -2.35. The van der Waals surface area contributed by atoms with Gasteiger partial charge in [0.2, 0.25) is 5.88 Å². The predicted octanol–water partition coefficient (Wildman–Crippen LogP) is 3.77. The van der Waals surface area contributed by atoms with Gasteiger partial charge in [0.05, 0.1) is 6.61 Å². The third-order valence-corrected chi connectivity index (χ3v) is 3.69. The van der Waals surface area contributed by atoms with Crippen molar-refractivity contribution in [1.82, 2.24) is 10.3 Å². The van der Waals surface area contributed by atoms with Gasteiger partial charge in [0.15, 0.2) is 0 Å². The highest BCUT2D eigenvalue weighted by atomic mass is 16.5. The normalized spacial score (nSPS) is 15.4. The quantitative estimate of drug-likeness (QED) is 0.859. The Kier molecular flexibility index (Phi) is 4.69. The molecule has 0 saturated heterocycles. The summed E-state index contributed by atoms with van der Waals surface area (Å²) in [6.45, 7) is 12.3. The van der Waals surface area contributed by atoms with Crippen LogP contribution < -0.4 is 10.1 Å². The summed E-state index contributed by atoms with van der Waals surface area (Å²) in [5.41, 5.74) is 3.59. The van der Waals surface area contributed by atoms with E-state index in [1.165, 1.54) is 30.4 Å². The summed E-state index contributed by atoms with van der Waals surface area (Å²) in [5.74, 6) is 1.72. The number of hydrogen-bond acceptors (Lipinski definition) is 3. The molecular formula is C17H28N2O. The maximum absolute atomic E-state index is 5.96. The van der Waals surface area contributed by atoms with E-state index < -0.39 is 0 Å². The largest absolute Gasteiger partial charge is 0.477 e. The molecule has 1 heterocycles. The number of ether oxygens (including phenoxy) is 1. The van der Waals surface area contributed by atoms with E-state index in [1.54, 1.807) is 0 Å². The lowest BCUT2D eigenvalue weighted by Gasteiger charge is -2.22. The summed E-state index contributed by atoms with van der Waals surface area (Å²) in [6.07, 6.45) is 3.92. The van der Waals surface area contributed by atoms with Crippen LogP contribution >= 0.6 is 0 Å². The Labute approximate surface area is 123 Å². The minimum atomic E-state index is 0.0998. The predicted molar refractivity (Wildman–Crippen MR) is 83.1 cm³/mol. The third-order valence-electron chi connectivity index (χ3n) is 3.69. The SMILES string of the molecule is Cc1cc(C)c(CNC(C)(C)C)c(OCCC2CC2)n1. The highest BCUT2D eigenvalue weighted by Gasteiger charge is 2.21. The fourth-order valence-corrected chi connectivity index (χ4v) is 2.25. The first-order valence-corrected chi connectivity index (χ1v) is 7.70. The molecule has 112 valence electrons. The van der Waals surface area contributed by atoms with Crippen LogP contribution in [0.25, 0.3) is 0 Å². The minimum Gasteiger partial charge on any atom is -0.477 e. The lowest BCUT2D eigenvalue weighted by molar-refractivity contribution is 0.285. The first-order valence-electron chi connectivity index (χ1n) is 7.70. The van der Waals surface area contributed by atoms with Crippen molar-refractivity contribution in [2.45, 2.75) is 66.0 Å². The summed E-state index contributed by atoms with van der Waals surface area (Å²) in [6, 6.07) is 2.13. The van der Waals surface area contributed by atoms with Gasteiger partial charge in [-0.05, 0) is 58.6 Å². The van der Waals surface area contributed by atoms with Crippen molar-refractivity contribution in [3.8, 4) is 5.88 Å². The molecule has 2 rings (SSSR count). The Morgan fingerprint density at radius 2 is 2.00 bits per heavy atom. The van der Waals surface area contributed by atoms with E-state index >= 15 is 0 Å². The first kappa shape index (κ1) is 15.3. The van der Waals surface area contributed by atoms with Crippen molar-refractivity contribution in [2.24, 2.45) is 5.92 Å². The van der Waals surface area contributed by atoms with E-state index in [-0.39, 0.29) is 5.54 Å². The molecule has 20 heavy (non-hydrogen) atoms. The summed E-state index contributed by atoms with van der Waals surface area (Å²) < 4.78 is 5.96. The topological polar surface area (TPSA) is 34.1 Å². The van der Waals surface area contributed by atoms with Gasteiger partial charge in [-0.3, -0.25) is 0 Å². The van der Waals surface area contributed by atoms with Crippen LogP contribution in [0.15, 0.2) is 6.07 Å². The number of pyridine rings is 1. The fraction of sp³-hybridized carbons (Fsp3) is 0.706. The Balaban J connectivity index is 2.05. The molecule has 1 aromatic heterocycles. The van der Waals surface area contributed by atoms with Crippen molar-refractivity contribution in [2.75, 3.05) is 6.61 Å². The first-order chi connectivity index (χ1) is 9.35. The number of rotatable bonds is 6. The van der Waals surface area contributed by atoms with E-state index in [1.807, 2.05) is 6.92 Å². The van der Waals surface area contributed by atoms with Gasteiger partial charge in [0.1, 0.15) is 0 Å². The Bertz CT molecular complexity index is 459. The van der Waals surface area contributed by atoms with Crippen molar-refractivity contribution in [3.63, 3.8) is 0 Å². The number of nitrogens with zero attached hydrogens (tertiary/aromatic N) is 1. The van der Waals surface area contributed by atoms with Gasteiger partial charge in [-0.2, -0.15) is 0 Å². The minimum absolute atomic E-state index is 0.0998. The Hall–Kier alpha value is -1.09. The zero-order valence-corrected chi connectivity index (χ0v) is 13.5. The van der Waals surface area contributed by atoms with E-state index in [0.717, 1.165) is 30.6 Å². The molecule has 3 nitrogen and oxygen atoms in total. The molecule has 0 aromatic carbocycles. The second kappa shape index (κ2) is 6.13. The van der Waals surface area contributed by atoms with E-state index in [0.29, 0.717) is 0 Å². The zero-order valence-electron chi connectivity index (χ0n) is 13.5. The summed E-state index contributed by atoms with van der Waals surface area (Å²) in [7, 11) is 0. The van der Waals surface area contributed by atoms with E-state index in [2.05, 4.69) is 44.1 Å². The second-order valence-electron chi connectivity index (χ2n) is 7.05. The lowest BCUT2D eigenvalue weighted by atomic mass is 10.1. The molecule has 1 saturated carbocycles. The Morgan fingerprint density at radius 3 is 2.60 bits per heavy atom. The van der Waals surface area contributed by atoms with Gasteiger partial charge in [0, 0.05) is 23.3 Å². The van der Waals surface area contributed by atoms with Gasteiger partial charge in [-0.15, -0.1) is 0 Å². The number of nitrogens with one attached hydrogen (secondary N) is 1. The van der Waals surface area contributed by atoms with Crippen LogP contribution in [0.5, 0.6) is 5.88 Å². The van der Waals surface area contributed by atoms with Gasteiger partial charge >= 0.3 is 0 Å². The Morgan fingerprint density at radius 1 is 1.30 bits per heavy atom. The van der Waals surface area contributed by atoms with Crippen molar-refractivity contribution < 1.29 is 4.74 Å². The van der Waals surface area contributed by atoms with Crippen LogP contribution in [-0.2, 0) is 6.54 Å². The average Bonchev–Trinajstić information content (AvgIpc) is 3.10. The summed E-state index contributed by atoms with van der Waals surface area (Å²) in [4.78, 5) is 4.59. The van der Waals surface area contributed by atoms with E-state index in [4.69, 9.17) is 4.74 Å². The summed E-state index contributed by atoms with van der Waals surface area (Å²) >= 11 is 0. The molecule has 1 N–H and O–H groups in total. The van der Waals surface area contributed by atoms with Gasteiger partial charge in [0.25, 0.3) is 0 Å². The van der Waals surface area contributed by atoms with Crippen LogP contribution in [-0.4, -0.2) is 17.1 Å². The molecular weight excluding hydrogens is 248 g/mol. The molecule has 0 amide bonds. The van der Waals surface area contributed by atoms with Crippen LogP contribution in [0.2, 0.25) is 0 Å². The van der Waals surface area contributed by atoms with Gasteiger partial charge < -0.3 is 10.1 Å². The second-order valence-corrected chi connectivity index (χ2v) is 7.05. The number of hydrogen-bond donors (Lipinski definition) is 1. The molecule has 3 heteroatoms. The van der Waals surface area contributed by atoms with Gasteiger partial charge in [-0.25, -0.2) is 4.98 Å². The van der Waals surface area contributed by atoms with E-state index in [9.17, 15) is 0 Å². The monoisotopic (exact) mass is 276 g/mol. The molecule has 0 spiro atoms. The maximum atomic E-state index is 5.96. The molecule has 1 aliphatic rings. The zero-order chi connectivity index (χ0) is 14.8. The molecule has 0 aliphatic heterocycles. The van der Waals surface area contributed by atoms with Crippen LogP contribution in [0, 0.1) is 19.8 Å². The average molecular weight is 276 g/mol. The highest BCUT2D eigenvalue weighted by molar-refractivity contribution is 5.36. The third kappa shape index (κ3) is 4.78. The van der Waals surface area contributed by atoms with Crippen LogP contribution in [0.3, 0.4) is 0 Å². The number of aromatic nitrogens is 1. The molecule has 1 aromatic rings. The molecule has 0 radical (unpaired) electrons. The smallest absolute Gasteiger partial charge is 0.218 e. The number of aryl methyl sites for hydroxylation is 2. The highest BCUT2D eigenvalue weighted by Crippen LogP contribution is 2.32. The molecule has 0 atom stereocenters. The maximum Gasteiger partial charge on any atom is 0.218 e. The molecule has 0 unspecified atom stereocenters. The van der Waals surface area contributed by atoms with Gasteiger partial charge in [-0.1, -0.05) is 12.8 Å². The summed E-state index contributed by atoms with van der Waals surface area (Å²) in [5, 5.41) is 3.53. The molecule has 1 fully saturated rings. The standard InChI is InChI=1S/C17H28N2O/c1-12-10-13(2)19-16(20-9-8-14-6-7-14)15(12)11-18-17(3,4)5/h10,14,18H,6-9,11H2,1-5H3. The van der Waals surface area contributed by atoms with Crippen molar-refractivity contribution in [1.29, 1.82) is 0 Å². The fourth-order valence-electron chi connectivity index (χ4n) is 2.25. The van der Waals surface area contributed by atoms with Crippen LogP contribution in [0.1, 0.15) is 56.9 Å². The van der Waals surface area contributed by atoms with Crippen molar-refractivity contribution in [3.05, 3.63) is 22.9 Å². The molecule has 1 aliphatic carbocycles. The molecule has 0 bridgehead atoms. The van der Waals surface area contributed by atoms with Crippen molar-refractivity contribution >= 4 is 0 Å². The van der Waals surface area contributed by atoms with Crippen LogP contribution in [0.4, 0.5) is 0 Å².